The van der Waals surface area contributed by atoms with Gasteiger partial charge in [-0.2, -0.15) is 0 Å². The van der Waals surface area contributed by atoms with Crippen molar-refractivity contribution in [3.8, 4) is 44.9 Å². The Labute approximate surface area is 287 Å². The molecule has 2 nitrogen and oxygen atoms in total. The van der Waals surface area contributed by atoms with E-state index in [4.69, 9.17) is 9.97 Å². The van der Waals surface area contributed by atoms with Crippen molar-refractivity contribution >= 4 is 64.0 Å². The van der Waals surface area contributed by atoms with E-state index in [1.165, 1.54) is 52.8 Å². The SMILES string of the molecule is c1ccc(-c2cccc(-c3cccc(-c4nc(-c5cccc6ccccc56)c5ccc6sc7cc8ccccc8cc7c6c5n4)c3)c2)cc1. The van der Waals surface area contributed by atoms with Crippen molar-refractivity contribution in [3.63, 3.8) is 0 Å². The maximum absolute atomic E-state index is 5.44. The van der Waals surface area contributed by atoms with Crippen LogP contribution in [0.3, 0.4) is 0 Å². The van der Waals surface area contributed by atoms with E-state index in [2.05, 4.69) is 170 Å². The molecule has 0 unspecified atom stereocenters. The summed E-state index contributed by atoms with van der Waals surface area (Å²) in [6, 6.07) is 60.8. The summed E-state index contributed by atoms with van der Waals surface area (Å²) >= 11 is 1.84. The van der Waals surface area contributed by atoms with Crippen molar-refractivity contribution in [2.75, 3.05) is 0 Å². The van der Waals surface area contributed by atoms with Crippen LogP contribution in [-0.2, 0) is 0 Å². The molecule has 3 heteroatoms. The van der Waals surface area contributed by atoms with Gasteiger partial charge in [0.1, 0.15) is 0 Å². The van der Waals surface area contributed by atoms with Gasteiger partial charge in [0.05, 0.1) is 11.2 Å². The quantitative estimate of drug-likeness (QED) is 0.191. The van der Waals surface area contributed by atoms with Gasteiger partial charge in [-0.05, 0) is 80.2 Å². The summed E-state index contributed by atoms with van der Waals surface area (Å²) in [6.45, 7) is 0. The number of aromatic nitrogens is 2. The summed E-state index contributed by atoms with van der Waals surface area (Å²) in [5, 5.41) is 8.37. The van der Waals surface area contributed by atoms with E-state index in [9.17, 15) is 0 Å². The minimum atomic E-state index is 0.726. The van der Waals surface area contributed by atoms with Gasteiger partial charge in [-0.15, -0.1) is 11.3 Å². The fourth-order valence-corrected chi connectivity index (χ4v) is 8.39. The van der Waals surface area contributed by atoms with Crippen LogP contribution in [0.2, 0.25) is 0 Å². The Bertz CT molecular complexity index is 2880. The first-order valence-corrected chi connectivity index (χ1v) is 17.4. The van der Waals surface area contributed by atoms with Crippen LogP contribution in [0.25, 0.3) is 97.5 Å². The van der Waals surface area contributed by atoms with Crippen LogP contribution in [0.4, 0.5) is 0 Å². The lowest BCUT2D eigenvalue weighted by Gasteiger charge is -2.13. The standard InChI is InChI=1S/C46H28N2S/c1-2-11-29(12-3-1)31-17-8-18-32(25-31)33-19-9-20-36(26-33)46-47-44(38-22-10-16-30-13-6-7-21-37(30)38)39-23-24-41-43(45(39)48-46)40-27-34-14-4-5-15-35(34)28-42(40)49-41/h1-28H. The van der Waals surface area contributed by atoms with E-state index in [0.717, 1.165) is 44.7 Å². The molecular weight excluding hydrogens is 613 g/mol. The molecule has 49 heavy (non-hydrogen) atoms. The van der Waals surface area contributed by atoms with Crippen LogP contribution in [0.15, 0.2) is 170 Å². The number of benzene rings is 8. The normalized spacial score (nSPS) is 11.7. The first-order valence-electron chi connectivity index (χ1n) is 16.6. The Balaban J connectivity index is 1.24. The largest absolute Gasteiger partial charge is 0.227 e. The number of hydrogen-bond acceptors (Lipinski definition) is 3. The minimum absolute atomic E-state index is 0.726. The lowest BCUT2D eigenvalue weighted by atomic mass is 9.96. The molecule has 0 amide bonds. The highest BCUT2D eigenvalue weighted by Crippen LogP contribution is 2.43. The third-order valence-corrected chi connectivity index (χ3v) is 10.8. The molecule has 0 saturated heterocycles. The molecule has 0 atom stereocenters. The molecule has 0 radical (unpaired) electrons. The Kier molecular flexibility index (Phi) is 6.39. The van der Waals surface area contributed by atoms with E-state index in [-0.39, 0.29) is 0 Å². The lowest BCUT2D eigenvalue weighted by molar-refractivity contribution is 1.24. The van der Waals surface area contributed by atoms with Gasteiger partial charge in [-0.3, -0.25) is 0 Å². The van der Waals surface area contributed by atoms with Crippen molar-refractivity contribution in [1.29, 1.82) is 0 Å². The second-order valence-electron chi connectivity index (χ2n) is 12.6. The number of nitrogens with zero attached hydrogens (tertiary/aromatic N) is 2. The van der Waals surface area contributed by atoms with E-state index in [1.807, 2.05) is 11.3 Å². The molecule has 0 N–H and O–H groups in total. The van der Waals surface area contributed by atoms with Crippen molar-refractivity contribution in [3.05, 3.63) is 170 Å². The van der Waals surface area contributed by atoms with Crippen molar-refractivity contribution in [1.82, 2.24) is 9.97 Å². The molecule has 0 aliphatic heterocycles. The van der Waals surface area contributed by atoms with Gasteiger partial charge < -0.3 is 0 Å². The molecule has 0 saturated carbocycles. The summed E-state index contributed by atoms with van der Waals surface area (Å²) in [7, 11) is 0. The van der Waals surface area contributed by atoms with Gasteiger partial charge in [0.25, 0.3) is 0 Å². The van der Waals surface area contributed by atoms with E-state index in [0.29, 0.717) is 0 Å². The van der Waals surface area contributed by atoms with Gasteiger partial charge in [0.2, 0.25) is 0 Å². The van der Waals surface area contributed by atoms with Crippen molar-refractivity contribution in [2.24, 2.45) is 0 Å². The van der Waals surface area contributed by atoms with Gasteiger partial charge in [-0.1, -0.05) is 133 Å². The smallest absolute Gasteiger partial charge is 0.160 e. The fourth-order valence-electron chi connectivity index (χ4n) is 7.25. The summed E-state index contributed by atoms with van der Waals surface area (Å²) < 4.78 is 2.51. The molecule has 0 fully saturated rings. The molecule has 10 aromatic rings. The van der Waals surface area contributed by atoms with E-state index >= 15 is 0 Å². The number of fused-ring (bicyclic) bond motifs is 7. The van der Waals surface area contributed by atoms with Gasteiger partial charge in [-0.25, -0.2) is 9.97 Å². The molecule has 8 aromatic carbocycles. The van der Waals surface area contributed by atoms with Crippen LogP contribution in [-0.4, -0.2) is 9.97 Å². The van der Waals surface area contributed by atoms with Gasteiger partial charge in [0, 0.05) is 36.7 Å². The van der Waals surface area contributed by atoms with Gasteiger partial charge in [0.15, 0.2) is 5.82 Å². The molecule has 228 valence electrons. The highest BCUT2D eigenvalue weighted by Gasteiger charge is 2.19. The van der Waals surface area contributed by atoms with Crippen molar-refractivity contribution < 1.29 is 0 Å². The highest BCUT2D eigenvalue weighted by molar-refractivity contribution is 7.26. The van der Waals surface area contributed by atoms with Crippen LogP contribution in [0.5, 0.6) is 0 Å². The maximum atomic E-state index is 5.44. The van der Waals surface area contributed by atoms with E-state index in [1.54, 1.807) is 0 Å². The van der Waals surface area contributed by atoms with Crippen LogP contribution < -0.4 is 0 Å². The third-order valence-electron chi connectivity index (χ3n) is 9.64. The second-order valence-corrected chi connectivity index (χ2v) is 13.7. The first kappa shape index (κ1) is 27.9. The Morgan fingerprint density at radius 2 is 0.980 bits per heavy atom. The van der Waals surface area contributed by atoms with E-state index < -0.39 is 0 Å². The zero-order valence-electron chi connectivity index (χ0n) is 26.5. The molecule has 0 aliphatic carbocycles. The maximum Gasteiger partial charge on any atom is 0.160 e. The Morgan fingerprint density at radius 1 is 0.367 bits per heavy atom. The number of hydrogen-bond donors (Lipinski definition) is 0. The molecular formula is C46H28N2S. The molecule has 0 aliphatic rings. The summed E-state index contributed by atoms with van der Waals surface area (Å²) in [5.41, 5.74) is 8.75. The molecule has 2 heterocycles. The molecule has 10 rings (SSSR count). The predicted octanol–water partition coefficient (Wildman–Crippen LogP) is 13.0. The zero-order chi connectivity index (χ0) is 32.3. The Hall–Kier alpha value is -6.16. The summed E-state index contributed by atoms with van der Waals surface area (Å²) in [5.74, 6) is 0.726. The zero-order valence-corrected chi connectivity index (χ0v) is 27.3. The third kappa shape index (κ3) is 4.70. The van der Waals surface area contributed by atoms with Crippen LogP contribution in [0.1, 0.15) is 0 Å². The summed E-state index contributed by atoms with van der Waals surface area (Å²) in [6.07, 6.45) is 0. The number of rotatable bonds is 4. The van der Waals surface area contributed by atoms with Crippen LogP contribution >= 0.6 is 11.3 Å². The fraction of sp³-hybridized carbons (Fsp3) is 0. The monoisotopic (exact) mass is 640 g/mol. The molecule has 0 spiro atoms. The highest BCUT2D eigenvalue weighted by atomic mass is 32.1. The lowest BCUT2D eigenvalue weighted by Crippen LogP contribution is -1.96. The average molecular weight is 641 g/mol. The topological polar surface area (TPSA) is 25.8 Å². The second kappa shape index (κ2) is 11.2. The van der Waals surface area contributed by atoms with Crippen molar-refractivity contribution in [2.45, 2.75) is 0 Å². The Morgan fingerprint density at radius 3 is 1.80 bits per heavy atom. The summed E-state index contributed by atoms with van der Waals surface area (Å²) in [4.78, 5) is 10.8. The predicted molar refractivity (Wildman–Crippen MR) is 209 cm³/mol. The number of thiophene rings is 1. The average Bonchev–Trinajstić information content (AvgIpc) is 3.54. The van der Waals surface area contributed by atoms with Gasteiger partial charge >= 0.3 is 0 Å². The minimum Gasteiger partial charge on any atom is -0.227 e. The first-order chi connectivity index (χ1) is 24.3. The van der Waals surface area contributed by atoms with Crippen LogP contribution in [0, 0.1) is 0 Å². The molecule has 2 aromatic heterocycles. The molecule has 0 bridgehead atoms.